The van der Waals surface area contributed by atoms with Crippen LogP contribution in [0.3, 0.4) is 0 Å². The SMILES string of the molecule is Fc1cccc(Cn2cnc3ccc(C4=CCN(CCC5CCCNC5)C=C4Cl)cc32)c1. The Morgan fingerprint density at radius 2 is 2.12 bits per heavy atom. The van der Waals surface area contributed by atoms with Crippen molar-refractivity contribution in [2.45, 2.75) is 25.8 Å². The molecule has 32 heavy (non-hydrogen) atoms. The van der Waals surface area contributed by atoms with E-state index < -0.39 is 0 Å². The molecular weight excluding hydrogens is 423 g/mol. The van der Waals surface area contributed by atoms with Crippen molar-refractivity contribution in [3.63, 3.8) is 0 Å². The van der Waals surface area contributed by atoms with Crippen molar-refractivity contribution in [1.82, 2.24) is 19.8 Å². The minimum Gasteiger partial charge on any atom is -0.372 e. The molecule has 3 heterocycles. The molecule has 1 aromatic heterocycles. The second kappa shape index (κ2) is 9.47. The van der Waals surface area contributed by atoms with Gasteiger partial charge in [0.25, 0.3) is 0 Å². The van der Waals surface area contributed by atoms with E-state index in [0.717, 1.165) is 64.9 Å². The highest BCUT2D eigenvalue weighted by atomic mass is 35.5. The molecule has 0 bridgehead atoms. The predicted octanol–water partition coefficient (Wildman–Crippen LogP) is 5.39. The second-order valence-electron chi connectivity index (χ2n) is 8.80. The molecule has 1 fully saturated rings. The van der Waals surface area contributed by atoms with E-state index in [2.05, 4.69) is 44.2 Å². The van der Waals surface area contributed by atoms with Gasteiger partial charge in [0.15, 0.2) is 0 Å². The summed E-state index contributed by atoms with van der Waals surface area (Å²) in [6.45, 7) is 4.77. The number of nitrogens with zero attached hydrogens (tertiary/aromatic N) is 3. The first-order valence-electron chi connectivity index (χ1n) is 11.4. The van der Waals surface area contributed by atoms with Crippen LogP contribution in [0.5, 0.6) is 0 Å². The van der Waals surface area contributed by atoms with Gasteiger partial charge in [-0.05, 0) is 79.2 Å². The van der Waals surface area contributed by atoms with Gasteiger partial charge in [-0.3, -0.25) is 0 Å². The third-order valence-electron chi connectivity index (χ3n) is 6.48. The highest BCUT2D eigenvalue weighted by Gasteiger charge is 2.17. The first kappa shape index (κ1) is 21.2. The molecule has 2 aliphatic rings. The number of rotatable bonds is 6. The van der Waals surface area contributed by atoms with Crippen LogP contribution in [-0.4, -0.2) is 40.6 Å². The van der Waals surface area contributed by atoms with Crippen molar-refractivity contribution in [2.24, 2.45) is 5.92 Å². The Kier molecular flexibility index (Phi) is 6.28. The van der Waals surface area contributed by atoms with E-state index in [0.29, 0.717) is 6.54 Å². The zero-order valence-electron chi connectivity index (χ0n) is 18.1. The lowest BCUT2D eigenvalue weighted by atomic mass is 9.96. The average Bonchev–Trinajstić information content (AvgIpc) is 3.20. The highest BCUT2D eigenvalue weighted by Crippen LogP contribution is 2.31. The summed E-state index contributed by atoms with van der Waals surface area (Å²) >= 11 is 6.72. The summed E-state index contributed by atoms with van der Waals surface area (Å²) in [6.07, 6.45) is 9.92. The van der Waals surface area contributed by atoms with Crippen LogP contribution in [0.15, 0.2) is 66.1 Å². The Morgan fingerprint density at radius 1 is 1.19 bits per heavy atom. The lowest BCUT2D eigenvalue weighted by Crippen LogP contribution is -2.32. The van der Waals surface area contributed by atoms with Gasteiger partial charge in [0, 0.05) is 25.8 Å². The molecule has 0 aliphatic carbocycles. The van der Waals surface area contributed by atoms with Gasteiger partial charge in [-0.25, -0.2) is 9.37 Å². The summed E-state index contributed by atoms with van der Waals surface area (Å²) in [6, 6.07) is 12.9. The topological polar surface area (TPSA) is 33.1 Å². The van der Waals surface area contributed by atoms with Crippen LogP contribution in [-0.2, 0) is 6.54 Å². The maximum Gasteiger partial charge on any atom is 0.123 e. The first-order valence-corrected chi connectivity index (χ1v) is 11.8. The molecule has 0 spiro atoms. The number of hydrogen-bond acceptors (Lipinski definition) is 3. The van der Waals surface area contributed by atoms with E-state index in [1.807, 2.05) is 18.5 Å². The molecule has 1 atom stereocenters. The third kappa shape index (κ3) is 4.74. The number of halogens is 2. The number of piperidine rings is 1. The van der Waals surface area contributed by atoms with Crippen LogP contribution in [0.4, 0.5) is 4.39 Å². The smallest absolute Gasteiger partial charge is 0.123 e. The summed E-state index contributed by atoms with van der Waals surface area (Å²) < 4.78 is 15.6. The van der Waals surface area contributed by atoms with E-state index in [-0.39, 0.29) is 5.82 Å². The van der Waals surface area contributed by atoms with Crippen LogP contribution in [0.1, 0.15) is 30.4 Å². The Bertz CT molecular complexity index is 1160. The molecule has 0 radical (unpaired) electrons. The van der Waals surface area contributed by atoms with E-state index in [1.165, 1.54) is 25.3 Å². The first-order chi connectivity index (χ1) is 15.7. The van der Waals surface area contributed by atoms with E-state index in [4.69, 9.17) is 11.6 Å². The molecular formula is C26H28ClFN4. The molecule has 5 rings (SSSR count). The van der Waals surface area contributed by atoms with Gasteiger partial charge >= 0.3 is 0 Å². The summed E-state index contributed by atoms with van der Waals surface area (Å²) in [5.74, 6) is 0.545. The normalized spacial score (nSPS) is 19.2. The molecule has 2 aliphatic heterocycles. The van der Waals surface area contributed by atoms with Gasteiger partial charge in [-0.15, -0.1) is 0 Å². The predicted molar refractivity (Wildman–Crippen MR) is 129 cm³/mol. The van der Waals surface area contributed by atoms with Crippen molar-refractivity contribution < 1.29 is 4.39 Å². The van der Waals surface area contributed by atoms with Gasteiger partial charge in [0.2, 0.25) is 0 Å². The molecule has 0 amide bonds. The lowest BCUT2D eigenvalue weighted by molar-refractivity contribution is 0.305. The molecule has 166 valence electrons. The van der Waals surface area contributed by atoms with E-state index in [1.54, 1.807) is 12.1 Å². The highest BCUT2D eigenvalue weighted by molar-refractivity contribution is 6.37. The number of benzene rings is 2. The second-order valence-corrected chi connectivity index (χ2v) is 9.20. The summed E-state index contributed by atoms with van der Waals surface area (Å²) in [7, 11) is 0. The van der Waals surface area contributed by atoms with Gasteiger partial charge in [-0.1, -0.05) is 35.9 Å². The van der Waals surface area contributed by atoms with Crippen LogP contribution < -0.4 is 5.32 Å². The quantitative estimate of drug-likeness (QED) is 0.546. The fourth-order valence-electron chi connectivity index (χ4n) is 4.70. The van der Waals surface area contributed by atoms with Crippen molar-refractivity contribution >= 4 is 28.2 Å². The summed E-state index contributed by atoms with van der Waals surface area (Å²) in [5, 5.41) is 4.27. The number of aromatic nitrogens is 2. The van der Waals surface area contributed by atoms with E-state index >= 15 is 0 Å². The molecule has 0 saturated carbocycles. The number of imidazole rings is 1. The third-order valence-corrected chi connectivity index (χ3v) is 6.78. The van der Waals surface area contributed by atoms with Gasteiger partial charge < -0.3 is 14.8 Å². The van der Waals surface area contributed by atoms with Gasteiger partial charge in [-0.2, -0.15) is 0 Å². The fraction of sp³-hybridized carbons (Fsp3) is 0.346. The monoisotopic (exact) mass is 450 g/mol. The van der Waals surface area contributed by atoms with Crippen molar-refractivity contribution in [3.8, 4) is 0 Å². The van der Waals surface area contributed by atoms with Crippen LogP contribution >= 0.6 is 11.6 Å². The van der Waals surface area contributed by atoms with Gasteiger partial charge in [0.05, 0.1) is 22.4 Å². The fourth-order valence-corrected chi connectivity index (χ4v) is 5.03. The Balaban J connectivity index is 1.31. The number of allylic oxidation sites excluding steroid dienone is 2. The molecule has 1 N–H and O–H groups in total. The zero-order chi connectivity index (χ0) is 21.9. The van der Waals surface area contributed by atoms with Crippen molar-refractivity contribution in [3.05, 3.63) is 83.0 Å². The Hall–Kier alpha value is -2.63. The molecule has 4 nitrogen and oxygen atoms in total. The lowest BCUT2D eigenvalue weighted by Gasteiger charge is -2.28. The largest absolute Gasteiger partial charge is 0.372 e. The number of fused-ring (bicyclic) bond motifs is 1. The van der Waals surface area contributed by atoms with Crippen LogP contribution in [0, 0.1) is 11.7 Å². The molecule has 1 unspecified atom stereocenters. The van der Waals surface area contributed by atoms with Crippen LogP contribution in [0.25, 0.3) is 16.6 Å². The van der Waals surface area contributed by atoms with E-state index in [9.17, 15) is 4.39 Å². The Labute approximate surface area is 193 Å². The minimum absolute atomic E-state index is 0.221. The maximum atomic E-state index is 13.6. The molecule has 1 saturated heterocycles. The van der Waals surface area contributed by atoms with Crippen molar-refractivity contribution in [1.29, 1.82) is 0 Å². The number of hydrogen-bond donors (Lipinski definition) is 1. The summed E-state index contributed by atoms with van der Waals surface area (Å²) in [4.78, 5) is 6.82. The zero-order valence-corrected chi connectivity index (χ0v) is 18.9. The van der Waals surface area contributed by atoms with Crippen LogP contribution in [0.2, 0.25) is 0 Å². The molecule has 3 aromatic rings. The van der Waals surface area contributed by atoms with Gasteiger partial charge in [0.1, 0.15) is 5.82 Å². The summed E-state index contributed by atoms with van der Waals surface area (Å²) in [5.41, 5.74) is 4.99. The molecule has 6 heteroatoms. The maximum absolute atomic E-state index is 13.6. The minimum atomic E-state index is -0.221. The molecule has 2 aromatic carbocycles. The average molecular weight is 451 g/mol. The standard InChI is InChI=1S/C26H28ClFN4/c27-24-17-31(11-8-19-4-2-10-29-15-19)12-9-23(24)21-6-7-25-26(14-21)32(18-30-25)16-20-3-1-5-22(28)13-20/h1,3,5-7,9,13-14,17-19,29H,2,4,8,10-12,15-16H2. The number of nitrogens with one attached hydrogen (secondary N) is 1. The van der Waals surface area contributed by atoms with Crippen molar-refractivity contribution in [2.75, 3.05) is 26.2 Å². The Morgan fingerprint density at radius 3 is 2.94 bits per heavy atom.